The first-order valence-corrected chi connectivity index (χ1v) is 7.65. The number of benzene rings is 1. The zero-order chi connectivity index (χ0) is 14.9. The second-order valence-corrected chi connectivity index (χ2v) is 6.71. The first kappa shape index (κ1) is 15.9. The van der Waals surface area contributed by atoms with Crippen molar-refractivity contribution in [2.24, 2.45) is 5.14 Å². The van der Waals surface area contributed by atoms with Crippen LogP contribution in [0.15, 0.2) is 29.2 Å². The van der Waals surface area contributed by atoms with E-state index in [2.05, 4.69) is 0 Å². The number of halogens is 3. The quantitative estimate of drug-likeness (QED) is 0.831. The number of sulfonamides is 2. The molecule has 6 nitrogen and oxygen atoms in total. The van der Waals surface area contributed by atoms with Crippen molar-refractivity contribution in [3.63, 3.8) is 0 Å². The van der Waals surface area contributed by atoms with Crippen LogP contribution in [0.3, 0.4) is 0 Å². The predicted molar refractivity (Wildman–Crippen MR) is 59.6 cm³/mol. The largest absolute Gasteiger partial charge is 0.511 e. The Morgan fingerprint density at radius 3 is 2.11 bits per heavy atom. The van der Waals surface area contributed by atoms with E-state index >= 15 is 0 Å². The summed E-state index contributed by atoms with van der Waals surface area (Å²) in [6, 6.07) is 4.86. The van der Waals surface area contributed by atoms with Gasteiger partial charge >= 0.3 is 15.5 Å². The zero-order valence-corrected chi connectivity index (χ0v) is 10.8. The van der Waals surface area contributed by atoms with E-state index in [1.165, 1.54) is 16.9 Å². The molecule has 0 aliphatic rings. The van der Waals surface area contributed by atoms with Crippen LogP contribution >= 0.6 is 0 Å². The summed E-state index contributed by atoms with van der Waals surface area (Å²) in [5.74, 6) is 0. The Morgan fingerprint density at radius 1 is 1.11 bits per heavy atom. The molecule has 1 aromatic carbocycles. The minimum atomic E-state index is -5.54. The molecule has 0 saturated heterocycles. The van der Waals surface area contributed by atoms with Crippen LogP contribution in [0.4, 0.5) is 13.2 Å². The first-order chi connectivity index (χ1) is 8.45. The standard InChI is InChI=1S/C8H9F3N2O4S2/c9-8(10,11)19(16,17)13-5-6-3-1-2-4-7(6)18(12,14)15/h1-4,13H,5H2,(H2,12,14,15). The summed E-state index contributed by atoms with van der Waals surface area (Å²) in [4.78, 5) is -0.445. The highest BCUT2D eigenvalue weighted by molar-refractivity contribution is 7.90. The van der Waals surface area contributed by atoms with E-state index in [0.717, 1.165) is 12.1 Å². The molecule has 0 unspecified atom stereocenters. The van der Waals surface area contributed by atoms with Crippen LogP contribution in [0.1, 0.15) is 5.56 Å². The van der Waals surface area contributed by atoms with Gasteiger partial charge in [0.25, 0.3) is 0 Å². The van der Waals surface area contributed by atoms with Gasteiger partial charge in [0, 0.05) is 6.54 Å². The summed E-state index contributed by atoms with van der Waals surface area (Å²) in [6.07, 6.45) is 0. The molecule has 108 valence electrons. The van der Waals surface area contributed by atoms with E-state index in [1.807, 2.05) is 0 Å². The number of primary sulfonamides is 1. The van der Waals surface area contributed by atoms with Crippen molar-refractivity contribution in [3.05, 3.63) is 29.8 Å². The van der Waals surface area contributed by atoms with Crippen LogP contribution in [-0.4, -0.2) is 22.3 Å². The maximum Gasteiger partial charge on any atom is 0.511 e. The summed E-state index contributed by atoms with van der Waals surface area (Å²) in [6.45, 7) is -0.839. The lowest BCUT2D eigenvalue weighted by Gasteiger charge is -2.11. The number of nitrogens with two attached hydrogens (primary N) is 1. The number of nitrogens with one attached hydrogen (secondary N) is 1. The highest BCUT2D eigenvalue weighted by Gasteiger charge is 2.45. The Hall–Kier alpha value is -1.17. The number of hydrogen-bond acceptors (Lipinski definition) is 4. The molecule has 0 spiro atoms. The van der Waals surface area contributed by atoms with Crippen LogP contribution in [0.25, 0.3) is 0 Å². The molecular formula is C8H9F3N2O4S2. The molecule has 0 fully saturated rings. The Morgan fingerprint density at radius 2 is 1.63 bits per heavy atom. The van der Waals surface area contributed by atoms with E-state index < -0.39 is 37.0 Å². The van der Waals surface area contributed by atoms with Gasteiger partial charge in [-0.05, 0) is 11.6 Å². The van der Waals surface area contributed by atoms with Gasteiger partial charge in [0.15, 0.2) is 0 Å². The highest BCUT2D eigenvalue weighted by atomic mass is 32.2. The van der Waals surface area contributed by atoms with Gasteiger partial charge in [-0.1, -0.05) is 18.2 Å². The molecule has 0 aliphatic carbocycles. The van der Waals surface area contributed by atoms with E-state index in [-0.39, 0.29) is 5.56 Å². The molecule has 11 heteroatoms. The second kappa shape index (κ2) is 5.07. The molecule has 0 radical (unpaired) electrons. The van der Waals surface area contributed by atoms with Gasteiger partial charge in [-0.2, -0.15) is 13.2 Å². The number of hydrogen-bond donors (Lipinski definition) is 2. The molecule has 0 aromatic heterocycles. The van der Waals surface area contributed by atoms with Crippen LogP contribution in [-0.2, 0) is 26.6 Å². The van der Waals surface area contributed by atoms with Crippen molar-refractivity contribution in [3.8, 4) is 0 Å². The third kappa shape index (κ3) is 3.89. The van der Waals surface area contributed by atoms with Crippen molar-refractivity contribution in [1.82, 2.24) is 4.72 Å². The zero-order valence-electron chi connectivity index (χ0n) is 9.18. The lowest BCUT2D eigenvalue weighted by atomic mass is 10.2. The summed E-state index contributed by atoms with van der Waals surface area (Å²) in [5, 5.41) is 4.86. The molecule has 0 atom stereocenters. The van der Waals surface area contributed by atoms with Crippen molar-refractivity contribution in [1.29, 1.82) is 0 Å². The molecule has 0 aliphatic heterocycles. The summed E-state index contributed by atoms with van der Waals surface area (Å²) >= 11 is 0. The predicted octanol–water partition coefficient (Wildman–Crippen LogP) is 0.273. The van der Waals surface area contributed by atoms with Gasteiger partial charge in [0.1, 0.15) is 0 Å². The van der Waals surface area contributed by atoms with Gasteiger partial charge in [0.2, 0.25) is 10.0 Å². The van der Waals surface area contributed by atoms with Crippen molar-refractivity contribution >= 4 is 20.0 Å². The van der Waals surface area contributed by atoms with Gasteiger partial charge in [-0.15, -0.1) is 0 Å². The molecule has 0 saturated carbocycles. The Bertz CT molecular complexity index is 667. The Labute approximate surface area is 107 Å². The molecular weight excluding hydrogens is 309 g/mol. The average molecular weight is 318 g/mol. The molecule has 0 heterocycles. The second-order valence-electron chi connectivity index (χ2n) is 3.42. The Balaban J connectivity index is 3.05. The van der Waals surface area contributed by atoms with E-state index in [0.29, 0.717) is 0 Å². The fraction of sp³-hybridized carbons (Fsp3) is 0.250. The number of alkyl halides is 3. The SMILES string of the molecule is NS(=O)(=O)c1ccccc1CNS(=O)(=O)C(F)(F)F. The summed E-state index contributed by atoms with van der Waals surface area (Å²) in [7, 11) is -9.70. The average Bonchev–Trinajstić information content (AvgIpc) is 2.24. The normalized spacial score (nSPS) is 13.5. The van der Waals surface area contributed by atoms with Crippen LogP contribution in [0, 0.1) is 0 Å². The van der Waals surface area contributed by atoms with E-state index in [1.54, 1.807) is 0 Å². The van der Waals surface area contributed by atoms with Crippen molar-refractivity contribution < 1.29 is 30.0 Å². The van der Waals surface area contributed by atoms with E-state index in [9.17, 15) is 30.0 Å². The van der Waals surface area contributed by atoms with Crippen LogP contribution in [0.2, 0.25) is 0 Å². The van der Waals surface area contributed by atoms with Gasteiger partial charge in [0.05, 0.1) is 4.90 Å². The molecule has 0 amide bonds. The first-order valence-electron chi connectivity index (χ1n) is 4.62. The lowest BCUT2D eigenvalue weighted by Crippen LogP contribution is -2.36. The molecule has 3 N–H and O–H groups in total. The topological polar surface area (TPSA) is 106 Å². The summed E-state index contributed by atoms with van der Waals surface area (Å²) < 4.78 is 81.3. The third-order valence-corrected chi connectivity index (χ3v) is 4.18. The number of rotatable bonds is 4. The van der Waals surface area contributed by atoms with Crippen LogP contribution < -0.4 is 9.86 Å². The maximum atomic E-state index is 12.1. The third-order valence-electron chi connectivity index (χ3n) is 2.04. The minimum absolute atomic E-state index is 0.183. The molecule has 19 heavy (non-hydrogen) atoms. The van der Waals surface area contributed by atoms with Crippen molar-refractivity contribution in [2.45, 2.75) is 16.9 Å². The fourth-order valence-electron chi connectivity index (χ4n) is 1.18. The van der Waals surface area contributed by atoms with E-state index in [4.69, 9.17) is 5.14 Å². The van der Waals surface area contributed by atoms with Crippen LogP contribution in [0.5, 0.6) is 0 Å². The monoisotopic (exact) mass is 318 g/mol. The van der Waals surface area contributed by atoms with Gasteiger partial charge in [-0.3, -0.25) is 0 Å². The van der Waals surface area contributed by atoms with Gasteiger partial charge in [-0.25, -0.2) is 26.7 Å². The smallest absolute Gasteiger partial charge is 0.225 e. The molecule has 0 bridgehead atoms. The highest BCUT2D eigenvalue weighted by Crippen LogP contribution is 2.22. The summed E-state index contributed by atoms with van der Waals surface area (Å²) in [5.41, 5.74) is -5.65. The van der Waals surface area contributed by atoms with Gasteiger partial charge < -0.3 is 0 Å². The lowest BCUT2D eigenvalue weighted by molar-refractivity contribution is -0.0448. The molecule has 1 rings (SSSR count). The maximum absolute atomic E-state index is 12.1. The Kier molecular flexibility index (Phi) is 4.24. The fourth-order valence-corrected chi connectivity index (χ4v) is 2.47. The molecule has 1 aromatic rings. The van der Waals surface area contributed by atoms with Crippen molar-refractivity contribution in [2.75, 3.05) is 0 Å². The minimum Gasteiger partial charge on any atom is -0.225 e.